The number of rotatable bonds is 9. The highest BCUT2D eigenvalue weighted by Crippen LogP contribution is 2.29. The maximum atomic E-state index is 13.2. The van der Waals surface area contributed by atoms with Gasteiger partial charge in [0.05, 0.1) is 5.69 Å². The number of fused-ring (bicyclic) bond motifs is 1. The minimum Gasteiger partial charge on any atom is -0.422 e. The van der Waals surface area contributed by atoms with Crippen LogP contribution in [0.1, 0.15) is 29.2 Å². The van der Waals surface area contributed by atoms with Crippen LogP contribution in [-0.4, -0.2) is 54.8 Å². The quantitative estimate of drug-likeness (QED) is 0.437. The Balaban J connectivity index is 2.09. The molecule has 0 saturated carbocycles. The van der Waals surface area contributed by atoms with E-state index in [1.54, 1.807) is 33.3 Å². The third-order valence-electron chi connectivity index (χ3n) is 5.83. The van der Waals surface area contributed by atoms with E-state index in [9.17, 15) is 13.8 Å². The van der Waals surface area contributed by atoms with E-state index < -0.39 is 22.9 Å². The molecule has 1 heterocycles. The monoisotopic (exact) mass is 500 g/mol. The van der Waals surface area contributed by atoms with E-state index in [1.807, 2.05) is 45.2 Å². The van der Waals surface area contributed by atoms with Crippen molar-refractivity contribution in [1.29, 1.82) is 0 Å². The Morgan fingerprint density at radius 2 is 1.89 bits per heavy atom. The summed E-state index contributed by atoms with van der Waals surface area (Å²) in [6, 6.07) is 10.7. The molecule has 0 saturated heterocycles. The van der Waals surface area contributed by atoms with Crippen molar-refractivity contribution in [2.24, 2.45) is 0 Å². The van der Waals surface area contributed by atoms with Gasteiger partial charge in [-0.2, -0.15) is 0 Å². The van der Waals surface area contributed by atoms with E-state index in [1.165, 1.54) is 4.90 Å². The first-order valence-corrected chi connectivity index (χ1v) is 12.4. The Bertz CT molecular complexity index is 1300. The van der Waals surface area contributed by atoms with Gasteiger partial charge in [0.25, 0.3) is 0 Å². The maximum Gasteiger partial charge on any atom is 0.414 e. The first kappa shape index (κ1) is 26.4. The number of benzene rings is 2. The van der Waals surface area contributed by atoms with E-state index in [0.717, 1.165) is 34.3 Å². The van der Waals surface area contributed by atoms with Gasteiger partial charge < -0.3 is 19.0 Å². The van der Waals surface area contributed by atoms with Gasteiger partial charge in [-0.1, -0.05) is 19.1 Å². The van der Waals surface area contributed by atoms with Gasteiger partial charge in [0.2, 0.25) is 0 Å². The van der Waals surface area contributed by atoms with Gasteiger partial charge in [0.1, 0.15) is 11.3 Å². The molecule has 0 aliphatic carbocycles. The highest BCUT2D eigenvalue weighted by molar-refractivity contribution is 7.84. The van der Waals surface area contributed by atoms with Crippen LogP contribution in [0.4, 0.5) is 10.5 Å². The highest BCUT2D eigenvalue weighted by Gasteiger charge is 2.19. The smallest absolute Gasteiger partial charge is 0.414 e. The normalized spacial score (nSPS) is 12.1. The Kier molecular flexibility index (Phi) is 8.66. The zero-order valence-electron chi connectivity index (χ0n) is 20.9. The number of hydrogen-bond acceptors (Lipinski definition) is 6. The van der Waals surface area contributed by atoms with Crippen LogP contribution < -0.4 is 19.8 Å². The van der Waals surface area contributed by atoms with Crippen molar-refractivity contribution in [1.82, 2.24) is 14.5 Å². The molecule has 9 nitrogen and oxygen atoms in total. The van der Waals surface area contributed by atoms with Gasteiger partial charge in [0, 0.05) is 44.1 Å². The second-order valence-corrected chi connectivity index (χ2v) is 9.59. The Hall–Kier alpha value is -3.21. The summed E-state index contributed by atoms with van der Waals surface area (Å²) < 4.78 is 28.5. The van der Waals surface area contributed by atoms with Crippen molar-refractivity contribution in [2.75, 3.05) is 39.5 Å². The predicted octanol–water partition coefficient (Wildman–Crippen LogP) is 3.41. The van der Waals surface area contributed by atoms with E-state index >= 15 is 0 Å². The first-order chi connectivity index (χ1) is 16.6. The number of nitrogens with one attached hydrogen (secondary N) is 2. The fourth-order valence-electron chi connectivity index (χ4n) is 3.61. The lowest BCUT2D eigenvalue weighted by atomic mass is 9.95. The van der Waals surface area contributed by atoms with Crippen molar-refractivity contribution in [3.8, 4) is 5.75 Å². The summed E-state index contributed by atoms with van der Waals surface area (Å²) in [6.45, 7) is 5.32. The molecular formula is C25H32N4O5S. The molecule has 1 unspecified atom stereocenters. The van der Waals surface area contributed by atoms with Crippen LogP contribution in [0.5, 0.6) is 5.75 Å². The summed E-state index contributed by atoms with van der Waals surface area (Å²) in [6.07, 6.45) is -0.159. The average molecular weight is 501 g/mol. The van der Waals surface area contributed by atoms with Crippen LogP contribution in [-0.2, 0) is 24.1 Å². The molecule has 0 radical (unpaired) electrons. The molecule has 1 aromatic heterocycles. The lowest BCUT2D eigenvalue weighted by Gasteiger charge is -2.19. The fraction of sp³-hybridized carbons (Fsp3) is 0.360. The molecule has 3 aromatic rings. The molecule has 0 fully saturated rings. The molecule has 1 amide bonds. The molecular weight excluding hydrogens is 468 g/mol. The van der Waals surface area contributed by atoms with Crippen LogP contribution in [0.25, 0.3) is 11.0 Å². The predicted molar refractivity (Wildman–Crippen MR) is 139 cm³/mol. The van der Waals surface area contributed by atoms with Crippen LogP contribution in [0.2, 0.25) is 0 Å². The van der Waals surface area contributed by atoms with Crippen molar-refractivity contribution >= 4 is 33.9 Å². The standard InChI is InChI=1S/C25H32N4O5S/c1-7-29(6)15-21-19-12-11-18(33-25(31)28(4)5)14-23(19)34-24(30)20(21)13-17-9-8-10-22(16(17)2)27-35(32)26-3/h8-12,14,26-27H,7,13,15H2,1-6H3. The highest BCUT2D eigenvalue weighted by atomic mass is 32.2. The molecule has 2 aromatic carbocycles. The third-order valence-corrected chi connectivity index (χ3v) is 6.61. The molecule has 10 heteroatoms. The van der Waals surface area contributed by atoms with Gasteiger partial charge in [-0.25, -0.2) is 18.5 Å². The minimum atomic E-state index is -1.41. The first-order valence-electron chi connectivity index (χ1n) is 11.2. The Labute approximate surface area is 207 Å². The number of amides is 1. The summed E-state index contributed by atoms with van der Waals surface area (Å²) >= 11 is -1.41. The van der Waals surface area contributed by atoms with Crippen molar-refractivity contribution in [2.45, 2.75) is 26.8 Å². The van der Waals surface area contributed by atoms with Crippen molar-refractivity contribution in [3.05, 3.63) is 69.1 Å². The number of anilines is 1. The van der Waals surface area contributed by atoms with Crippen molar-refractivity contribution < 1.29 is 18.2 Å². The van der Waals surface area contributed by atoms with Crippen LogP contribution >= 0.6 is 0 Å². The third kappa shape index (κ3) is 6.27. The largest absolute Gasteiger partial charge is 0.422 e. The Morgan fingerprint density at radius 1 is 1.14 bits per heavy atom. The lowest BCUT2D eigenvalue weighted by molar-refractivity contribution is 0.172. The van der Waals surface area contributed by atoms with E-state index in [0.29, 0.717) is 29.9 Å². The molecule has 0 aliphatic rings. The summed E-state index contributed by atoms with van der Waals surface area (Å²) in [4.78, 5) is 28.6. The molecule has 0 bridgehead atoms. The topological polar surface area (TPSA) is 104 Å². The SMILES string of the molecule is CCN(C)Cc1c(Cc2cccc(NS(=O)NC)c2C)c(=O)oc2cc(OC(=O)N(C)C)ccc12. The number of hydrogen-bond donors (Lipinski definition) is 2. The number of carbonyl (C=O) groups is 1. The van der Waals surface area contributed by atoms with Crippen molar-refractivity contribution in [3.63, 3.8) is 0 Å². The van der Waals surface area contributed by atoms with Gasteiger partial charge in [-0.05, 0) is 62.5 Å². The molecule has 3 rings (SSSR count). The molecule has 35 heavy (non-hydrogen) atoms. The molecule has 188 valence electrons. The van der Waals surface area contributed by atoms with E-state index in [-0.39, 0.29) is 0 Å². The molecule has 0 spiro atoms. The molecule has 0 aliphatic heterocycles. The van der Waals surface area contributed by atoms with Gasteiger partial charge in [-0.3, -0.25) is 4.72 Å². The van der Waals surface area contributed by atoms with E-state index in [4.69, 9.17) is 9.15 Å². The summed E-state index contributed by atoms with van der Waals surface area (Å²) in [5.74, 6) is 0.300. The van der Waals surface area contributed by atoms with E-state index in [2.05, 4.69) is 14.3 Å². The zero-order chi connectivity index (χ0) is 25.7. The second kappa shape index (κ2) is 11.5. The number of ether oxygens (including phenoxy) is 1. The van der Waals surface area contributed by atoms with Gasteiger partial charge in [0.15, 0.2) is 11.2 Å². The van der Waals surface area contributed by atoms with Gasteiger partial charge >= 0.3 is 11.7 Å². The summed E-state index contributed by atoms with van der Waals surface area (Å²) in [7, 11) is 6.78. The lowest BCUT2D eigenvalue weighted by Crippen LogP contribution is -2.25. The molecule has 1 atom stereocenters. The zero-order valence-corrected chi connectivity index (χ0v) is 21.7. The minimum absolute atomic E-state index is 0.300. The summed E-state index contributed by atoms with van der Waals surface area (Å²) in [5.41, 5.74) is 3.89. The fourth-order valence-corrected chi connectivity index (χ4v) is 4.13. The molecule has 2 N–H and O–H groups in total. The second-order valence-electron chi connectivity index (χ2n) is 8.44. The van der Waals surface area contributed by atoms with Gasteiger partial charge in [-0.15, -0.1) is 0 Å². The average Bonchev–Trinajstić information content (AvgIpc) is 2.82. The van der Waals surface area contributed by atoms with Crippen LogP contribution in [0.15, 0.2) is 45.6 Å². The number of carbonyl (C=O) groups excluding carboxylic acids is 1. The summed E-state index contributed by atoms with van der Waals surface area (Å²) in [5, 5.41) is 0.785. The van der Waals surface area contributed by atoms with Crippen LogP contribution in [0.3, 0.4) is 0 Å². The number of nitrogens with zero attached hydrogens (tertiary/aromatic N) is 2. The maximum absolute atomic E-state index is 13.2. The van der Waals surface area contributed by atoms with Crippen LogP contribution in [0, 0.1) is 6.92 Å². The Morgan fingerprint density at radius 3 is 2.54 bits per heavy atom.